The average molecular weight is 348 g/mol. The van der Waals surface area contributed by atoms with Crippen LogP contribution >= 0.6 is 15.9 Å². The number of anilines is 1. The molecule has 0 unspecified atom stereocenters. The number of hydrogen-bond donors (Lipinski definition) is 0. The van der Waals surface area contributed by atoms with E-state index in [1.54, 1.807) is 30.4 Å². The van der Waals surface area contributed by atoms with Gasteiger partial charge in [0.25, 0.3) is 5.91 Å². The van der Waals surface area contributed by atoms with Crippen LogP contribution in [-0.4, -0.2) is 36.9 Å². The van der Waals surface area contributed by atoms with Crippen molar-refractivity contribution in [3.05, 3.63) is 58.3 Å². The molecule has 110 valence electrons. The van der Waals surface area contributed by atoms with Crippen molar-refractivity contribution in [1.29, 1.82) is 0 Å². The van der Waals surface area contributed by atoms with Crippen molar-refractivity contribution in [2.75, 3.05) is 26.0 Å². The van der Waals surface area contributed by atoms with Gasteiger partial charge in [-0.1, -0.05) is 12.1 Å². The average Bonchev–Trinajstić information content (AvgIpc) is 2.47. The van der Waals surface area contributed by atoms with Gasteiger partial charge in [0.1, 0.15) is 0 Å². The first-order valence-electron chi connectivity index (χ1n) is 6.60. The molecule has 1 amide bonds. The fraction of sp³-hybridized carbons (Fsp3) is 0.250. The number of aromatic nitrogens is 1. The molecule has 21 heavy (non-hydrogen) atoms. The quantitative estimate of drug-likeness (QED) is 0.852. The number of amides is 1. The first-order chi connectivity index (χ1) is 9.99. The van der Waals surface area contributed by atoms with E-state index in [4.69, 9.17) is 0 Å². The zero-order valence-corrected chi connectivity index (χ0v) is 14.0. The summed E-state index contributed by atoms with van der Waals surface area (Å²) in [5.41, 5.74) is 2.84. The van der Waals surface area contributed by atoms with Crippen LogP contribution in [0.25, 0.3) is 0 Å². The van der Waals surface area contributed by atoms with Crippen LogP contribution in [0, 0.1) is 0 Å². The number of benzene rings is 1. The monoisotopic (exact) mass is 347 g/mol. The highest BCUT2D eigenvalue weighted by molar-refractivity contribution is 9.10. The number of carbonyl (C=O) groups excluding carboxylic acids is 1. The van der Waals surface area contributed by atoms with Crippen LogP contribution in [0.5, 0.6) is 0 Å². The maximum atomic E-state index is 12.4. The van der Waals surface area contributed by atoms with Gasteiger partial charge in [-0.15, -0.1) is 0 Å². The van der Waals surface area contributed by atoms with Crippen molar-refractivity contribution in [2.45, 2.75) is 6.54 Å². The number of carbonyl (C=O) groups is 1. The summed E-state index contributed by atoms with van der Waals surface area (Å²) in [4.78, 5) is 20.2. The molecule has 0 saturated carbocycles. The normalized spacial score (nSPS) is 10.3. The summed E-state index contributed by atoms with van der Waals surface area (Å²) in [6, 6.07) is 9.89. The molecule has 0 N–H and O–H groups in total. The largest absolute Gasteiger partial charge is 0.378 e. The van der Waals surface area contributed by atoms with Crippen LogP contribution in [0.2, 0.25) is 0 Å². The maximum Gasteiger partial charge on any atom is 0.255 e. The Kier molecular flexibility index (Phi) is 4.96. The number of hydrogen-bond acceptors (Lipinski definition) is 3. The molecular formula is C16H18BrN3O. The smallest absolute Gasteiger partial charge is 0.255 e. The van der Waals surface area contributed by atoms with Crippen LogP contribution in [-0.2, 0) is 6.54 Å². The first-order valence-corrected chi connectivity index (χ1v) is 7.39. The predicted octanol–water partition coefficient (Wildman–Crippen LogP) is 3.18. The van der Waals surface area contributed by atoms with Crippen LogP contribution < -0.4 is 4.90 Å². The number of halogens is 1. The van der Waals surface area contributed by atoms with E-state index >= 15 is 0 Å². The molecule has 2 aromatic rings. The van der Waals surface area contributed by atoms with Crippen molar-refractivity contribution in [3.63, 3.8) is 0 Å². The third-order valence-corrected chi connectivity index (χ3v) is 3.83. The van der Waals surface area contributed by atoms with Crippen molar-refractivity contribution in [3.8, 4) is 0 Å². The van der Waals surface area contributed by atoms with Gasteiger partial charge in [0.15, 0.2) is 0 Å². The molecular weight excluding hydrogens is 330 g/mol. The Morgan fingerprint density at radius 1 is 1.24 bits per heavy atom. The van der Waals surface area contributed by atoms with Gasteiger partial charge in [0.05, 0.1) is 5.56 Å². The van der Waals surface area contributed by atoms with E-state index in [9.17, 15) is 4.79 Å². The minimum Gasteiger partial charge on any atom is -0.378 e. The van der Waals surface area contributed by atoms with Crippen LogP contribution in [0.1, 0.15) is 15.9 Å². The van der Waals surface area contributed by atoms with Crippen LogP contribution in [0.3, 0.4) is 0 Å². The number of pyridine rings is 1. The van der Waals surface area contributed by atoms with Gasteiger partial charge in [0, 0.05) is 50.2 Å². The molecule has 0 spiro atoms. The fourth-order valence-corrected chi connectivity index (χ4v) is 2.45. The molecule has 0 bridgehead atoms. The maximum absolute atomic E-state index is 12.4. The topological polar surface area (TPSA) is 36.4 Å². The highest BCUT2D eigenvalue weighted by Crippen LogP contribution is 2.19. The lowest BCUT2D eigenvalue weighted by molar-refractivity contribution is 0.0784. The van der Waals surface area contributed by atoms with Crippen molar-refractivity contribution in [2.24, 2.45) is 0 Å². The van der Waals surface area contributed by atoms with Gasteiger partial charge in [0.2, 0.25) is 0 Å². The second-order valence-electron chi connectivity index (χ2n) is 5.08. The Balaban J connectivity index is 2.14. The second-order valence-corrected chi connectivity index (χ2v) is 5.94. The van der Waals surface area contributed by atoms with Crippen LogP contribution in [0.4, 0.5) is 5.69 Å². The van der Waals surface area contributed by atoms with Gasteiger partial charge in [-0.3, -0.25) is 9.78 Å². The van der Waals surface area contributed by atoms with Gasteiger partial charge in [-0.05, 0) is 39.7 Å². The molecule has 1 heterocycles. The van der Waals surface area contributed by atoms with Gasteiger partial charge >= 0.3 is 0 Å². The summed E-state index contributed by atoms with van der Waals surface area (Å²) >= 11 is 3.36. The molecule has 5 heteroatoms. The standard InChI is InChI=1S/C16H18BrN3O/c1-19(2)13-6-4-5-12(9-13)11-20(3)16(21)14-7-8-18-10-15(14)17/h4-10H,11H2,1-3H3. The lowest BCUT2D eigenvalue weighted by Gasteiger charge is -2.19. The lowest BCUT2D eigenvalue weighted by Crippen LogP contribution is -2.26. The van der Waals surface area contributed by atoms with E-state index in [0.29, 0.717) is 16.6 Å². The van der Waals surface area contributed by atoms with Gasteiger partial charge in [-0.25, -0.2) is 0 Å². The Hall–Kier alpha value is -1.88. The summed E-state index contributed by atoms with van der Waals surface area (Å²) in [5, 5.41) is 0. The molecule has 0 atom stereocenters. The van der Waals surface area contributed by atoms with Crippen LogP contribution in [0.15, 0.2) is 47.2 Å². The molecule has 0 fully saturated rings. The first kappa shape index (κ1) is 15.5. The minimum absolute atomic E-state index is 0.0282. The highest BCUT2D eigenvalue weighted by Gasteiger charge is 2.15. The highest BCUT2D eigenvalue weighted by atomic mass is 79.9. The molecule has 0 aliphatic rings. The number of nitrogens with zero attached hydrogens (tertiary/aromatic N) is 3. The van der Waals surface area contributed by atoms with E-state index in [1.807, 2.05) is 37.2 Å². The Morgan fingerprint density at radius 2 is 2.00 bits per heavy atom. The van der Waals surface area contributed by atoms with E-state index < -0.39 is 0 Å². The van der Waals surface area contributed by atoms with Crippen molar-refractivity contribution >= 4 is 27.5 Å². The summed E-state index contributed by atoms with van der Waals surface area (Å²) in [6.45, 7) is 0.565. The molecule has 1 aromatic heterocycles. The van der Waals surface area contributed by atoms with E-state index in [-0.39, 0.29) is 5.91 Å². The van der Waals surface area contributed by atoms with Gasteiger partial charge < -0.3 is 9.80 Å². The minimum atomic E-state index is -0.0282. The molecule has 0 saturated heterocycles. The van der Waals surface area contributed by atoms with E-state index in [1.165, 1.54) is 0 Å². The van der Waals surface area contributed by atoms with E-state index in [2.05, 4.69) is 27.0 Å². The third-order valence-electron chi connectivity index (χ3n) is 3.20. The Bertz CT molecular complexity index is 643. The molecule has 0 radical (unpaired) electrons. The SMILES string of the molecule is CN(Cc1cccc(N(C)C)c1)C(=O)c1ccncc1Br. The van der Waals surface area contributed by atoms with Crippen molar-refractivity contribution < 1.29 is 4.79 Å². The van der Waals surface area contributed by atoms with Gasteiger partial charge in [-0.2, -0.15) is 0 Å². The molecule has 0 aliphatic heterocycles. The van der Waals surface area contributed by atoms with E-state index in [0.717, 1.165) is 11.3 Å². The molecule has 1 aromatic carbocycles. The zero-order chi connectivity index (χ0) is 15.4. The lowest BCUT2D eigenvalue weighted by atomic mass is 10.1. The number of rotatable bonds is 4. The van der Waals surface area contributed by atoms with Crippen molar-refractivity contribution in [1.82, 2.24) is 9.88 Å². The Labute approximate surface area is 133 Å². The fourth-order valence-electron chi connectivity index (χ4n) is 2.03. The summed E-state index contributed by atoms with van der Waals surface area (Å²) in [7, 11) is 5.81. The molecule has 4 nitrogen and oxygen atoms in total. The predicted molar refractivity (Wildman–Crippen MR) is 88.5 cm³/mol. The summed E-state index contributed by atoms with van der Waals surface area (Å²) < 4.78 is 0.712. The second kappa shape index (κ2) is 6.72. The molecule has 2 rings (SSSR count). The Morgan fingerprint density at radius 3 is 2.67 bits per heavy atom. The summed E-state index contributed by atoms with van der Waals surface area (Å²) in [6.07, 6.45) is 3.26. The third kappa shape index (κ3) is 3.82. The summed E-state index contributed by atoms with van der Waals surface area (Å²) in [5.74, 6) is -0.0282. The molecule has 0 aliphatic carbocycles. The zero-order valence-electron chi connectivity index (χ0n) is 12.4.